The van der Waals surface area contributed by atoms with Crippen molar-refractivity contribution in [1.82, 2.24) is 14.8 Å². The molecule has 0 bridgehead atoms. The molecule has 2 heterocycles. The lowest BCUT2D eigenvalue weighted by molar-refractivity contribution is -0.121. The van der Waals surface area contributed by atoms with E-state index in [2.05, 4.69) is 36.6 Å². The highest BCUT2D eigenvalue weighted by atomic mass is 79.9. The quantitative estimate of drug-likeness (QED) is 0.596. The Morgan fingerprint density at radius 2 is 1.77 bits per heavy atom. The monoisotopic (exact) mass is 433 g/mol. The van der Waals surface area contributed by atoms with Crippen LogP contribution in [0.1, 0.15) is 18.4 Å². The van der Waals surface area contributed by atoms with Crippen LogP contribution in [0.15, 0.2) is 52.6 Å². The highest BCUT2D eigenvalue weighted by Crippen LogP contribution is 2.15. The minimum absolute atomic E-state index is 0.0840. The van der Waals surface area contributed by atoms with E-state index in [9.17, 15) is 9.59 Å². The van der Waals surface area contributed by atoms with Gasteiger partial charge in [-0.3, -0.25) is 9.59 Å². The van der Waals surface area contributed by atoms with Crippen molar-refractivity contribution in [3.63, 3.8) is 0 Å². The Balaban J connectivity index is 1.51. The topological polar surface area (TPSA) is 88.9 Å². The fraction of sp³-hybridized carbons (Fsp3) is 0.176. The van der Waals surface area contributed by atoms with E-state index < -0.39 is 0 Å². The summed E-state index contributed by atoms with van der Waals surface area (Å²) in [7, 11) is 0. The molecule has 9 heteroatoms. The van der Waals surface area contributed by atoms with Crippen molar-refractivity contribution in [1.29, 1.82) is 0 Å². The van der Waals surface area contributed by atoms with E-state index in [0.717, 1.165) is 10.0 Å². The third-order valence-electron chi connectivity index (χ3n) is 3.49. The summed E-state index contributed by atoms with van der Waals surface area (Å²) < 4.78 is 2.71. The van der Waals surface area contributed by atoms with Crippen LogP contribution in [-0.4, -0.2) is 26.6 Å². The lowest BCUT2D eigenvalue weighted by Crippen LogP contribution is -2.19. The van der Waals surface area contributed by atoms with Crippen molar-refractivity contribution in [2.75, 3.05) is 10.6 Å². The van der Waals surface area contributed by atoms with Crippen LogP contribution in [0.3, 0.4) is 0 Å². The average Bonchev–Trinajstić information content (AvgIpc) is 3.28. The standard InChI is InChI=1S/C17H16BrN5O2S/c18-13-3-1-12(2-4-13)11-23-14(7-8-20-23)21-15(24)5-6-16(25)22-17-19-9-10-26-17/h1-4,7-10H,5-6,11H2,(H,21,24)(H,19,22,25). The van der Waals surface area contributed by atoms with Gasteiger partial charge in [-0.25, -0.2) is 9.67 Å². The number of carbonyl (C=O) groups is 2. The predicted octanol–water partition coefficient (Wildman–Crippen LogP) is 3.51. The van der Waals surface area contributed by atoms with Crippen LogP contribution in [0.2, 0.25) is 0 Å². The normalized spacial score (nSPS) is 10.5. The Kier molecular flexibility index (Phi) is 6.13. The highest BCUT2D eigenvalue weighted by molar-refractivity contribution is 9.10. The Bertz CT molecular complexity index is 877. The number of rotatable bonds is 7. The van der Waals surface area contributed by atoms with Crippen LogP contribution >= 0.6 is 27.3 Å². The Hall–Kier alpha value is -2.52. The molecule has 0 aliphatic rings. The lowest BCUT2D eigenvalue weighted by atomic mass is 10.2. The smallest absolute Gasteiger partial charge is 0.226 e. The second-order valence-corrected chi connectivity index (χ2v) is 7.24. The Labute approximate surface area is 162 Å². The summed E-state index contributed by atoms with van der Waals surface area (Å²) in [4.78, 5) is 27.9. The zero-order valence-electron chi connectivity index (χ0n) is 13.7. The number of thiazole rings is 1. The van der Waals surface area contributed by atoms with Gasteiger partial charge >= 0.3 is 0 Å². The van der Waals surface area contributed by atoms with Gasteiger partial charge in [-0.1, -0.05) is 28.1 Å². The Morgan fingerprint density at radius 3 is 2.46 bits per heavy atom. The van der Waals surface area contributed by atoms with E-state index in [0.29, 0.717) is 17.5 Å². The molecular formula is C17H16BrN5O2S. The third kappa shape index (κ3) is 5.24. The number of nitrogens with one attached hydrogen (secondary N) is 2. The first-order chi connectivity index (χ1) is 12.6. The van der Waals surface area contributed by atoms with Crippen molar-refractivity contribution in [2.24, 2.45) is 0 Å². The molecule has 26 heavy (non-hydrogen) atoms. The maximum atomic E-state index is 12.1. The van der Waals surface area contributed by atoms with Gasteiger partial charge in [0.25, 0.3) is 0 Å². The van der Waals surface area contributed by atoms with Gasteiger partial charge in [-0.05, 0) is 17.7 Å². The fourth-order valence-electron chi connectivity index (χ4n) is 2.23. The Morgan fingerprint density at radius 1 is 1.04 bits per heavy atom. The largest absolute Gasteiger partial charge is 0.311 e. The maximum Gasteiger partial charge on any atom is 0.226 e. The van der Waals surface area contributed by atoms with Gasteiger partial charge in [0.05, 0.1) is 12.7 Å². The number of halogens is 1. The molecule has 0 aliphatic heterocycles. The maximum absolute atomic E-state index is 12.1. The van der Waals surface area contributed by atoms with Crippen LogP contribution in [-0.2, 0) is 16.1 Å². The fourth-order valence-corrected chi connectivity index (χ4v) is 3.04. The van der Waals surface area contributed by atoms with E-state index in [1.165, 1.54) is 11.3 Å². The molecule has 134 valence electrons. The summed E-state index contributed by atoms with van der Waals surface area (Å²) in [6, 6.07) is 9.61. The molecule has 0 saturated carbocycles. The van der Waals surface area contributed by atoms with Gasteiger partial charge in [-0.2, -0.15) is 5.10 Å². The summed E-state index contributed by atoms with van der Waals surface area (Å²) in [6.45, 7) is 0.542. The average molecular weight is 434 g/mol. The summed E-state index contributed by atoms with van der Waals surface area (Å²) >= 11 is 4.74. The summed E-state index contributed by atoms with van der Waals surface area (Å²) in [5, 5.41) is 12.0. The van der Waals surface area contributed by atoms with E-state index in [1.807, 2.05) is 24.3 Å². The first-order valence-corrected chi connectivity index (χ1v) is 9.53. The molecule has 3 rings (SSSR count). The van der Waals surface area contributed by atoms with E-state index in [4.69, 9.17) is 0 Å². The van der Waals surface area contributed by atoms with Crippen LogP contribution < -0.4 is 10.6 Å². The SMILES string of the molecule is O=C(CCC(=O)Nc1ccnn1Cc1ccc(Br)cc1)Nc1nccs1. The van der Waals surface area contributed by atoms with Gasteiger partial charge in [-0.15, -0.1) is 11.3 Å². The first-order valence-electron chi connectivity index (χ1n) is 7.85. The molecule has 0 radical (unpaired) electrons. The number of hydrogen-bond donors (Lipinski definition) is 2. The van der Waals surface area contributed by atoms with Crippen molar-refractivity contribution in [3.05, 3.63) is 58.1 Å². The number of carbonyl (C=O) groups excluding carboxylic acids is 2. The molecule has 3 aromatic rings. The molecule has 0 fully saturated rings. The molecule has 0 unspecified atom stereocenters. The summed E-state index contributed by atoms with van der Waals surface area (Å²) in [5.74, 6) is 0.119. The number of anilines is 2. The second kappa shape index (κ2) is 8.72. The van der Waals surface area contributed by atoms with E-state index >= 15 is 0 Å². The third-order valence-corrected chi connectivity index (χ3v) is 4.70. The zero-order valence-corrected chi connectivity index (χ0v) is 16.1. The molecule has 7 nitrogen and oxygen atoms in total. The van der Waals surface area contributed by atoms with Crippen LogP contribution in [0.25, 0.3) is 0 Å². The predicted molar refractivity (Wildman–Crippen MR) is 104 cm³/mol. The van der Waals surface area contributed by atoms with Crippen molar-refractivity contribution in [3.8, 4) is 0 Å². The van der Waals surface area contributed by atoms with Crippen molar-refractivity contribution >= 4 is 50.0 Å². The molecule has 1 aromatic carbocycles. The minimum Gasteiger partial charge on any atom is -0.311 e. The molecule has 2 amide bonds. The summed E-state index contributed by atoms with van der Waals surface area (Å²) in [5.41, 5.74) is 1.07. The van der Waals surface area contributed by atoms with Gasteiger partial charge in [0, 0.05) is 35.0 Å². The van der Waals surface area contributed by atoms with Gasteiger partial charge < -0.3 is 10.6 Å². The van der Waals surface area contributed by atoms with Gasteiger partial charge in [0.1, 0.15) is 5.82 Å². The molecular weight excluding hydrogens is 418 g/mol. The van der Waals surface area contributed by atoms with Crippen LogP contribution in [0, 0.1) is 0 Å². The first kappa shape index (κ1) is 18.3. The van der Waals surface area contributed by atoms with Gasteiger partial charge in [0.2, 0.25) is 11.8 Å². The van der Waals surface area contributed by atoms with Crippen LogP contribution in [0.4, 0.5) is 10.9 Å². The highest BCUT2D eigenvalue weighted by Gasteiger charge is 2.11. The van der Waals surface area contributed by atoms with E-state index in [-0.39, 0.29) is 24.7 Å². The number of benzene rings is 1. The second-order valence-electron chi connectivity index (χ2n) is 5.43. The van der Waals surface area contributed by atoms with Crippen molar-refractivity contribution in [2.45, 2.75) is 19.4 Å². The molecule has 0 aliphatic carbocycles. The van der Waals surface area contributed by atoms with Crippen molar-refractivity contribution < 1.29 is 9.59 Å². The van der Waals surface area contributed by atoms with Gasteiger partial charge in [0.15, 0.2) is 5.13 Å². The number of nitrogens with zero attached hydrogens (tertiary/aromatic N) is 3. The van der Waals surface area contributed by atoms with Crippen LogP contribution in [0.5, 0.6) is 0 Å². The lowest BCUT2D eigenvalue weighted by Gasteiger charge is -2.09. The van der Waals surface area contributed by atoms with E-state index in [1.54, 1.807) is 28.5 Å². The molecule has 2 N–H and O–H groups in total. The number of aromatic nitrogens is 3. The number of hydrogen-bond acceptors (Lipinski definition) is 5. The zero-order chi connectivity index (χ0) is 18.4. The molecule has 2 aromatic heterocycles. The molecule has 0 saturated heterocycles. The molecule has 0 spiro atoms. The minimum atomic E-state index is -0.239. The molecule has 0 atom stereocenters. The number of amides is 2. The summed E-state index contributed by atoms with van der Waals surface area (Å²) in [6.07, 6.45) is 3.41.